The Morgan fingerprint density at radius 1 is 1.09 bits per heavy atom. The van der Waals surface area contributed by atoms with Crippen molar-refractivity contribution in [3.05, 3.63) is 92.5 Å². The first-order chi connectivity index (χ1) is 15.7. The van der Waals surface area contributed by atoms with Gasteiger partial charge in [0.05, 0.1) is 24.0 Å². The molecule has 1 N–H and O–H groups in total. The number of rotatable bonds is 6. The highest BCUT2D eigenvalue weighted by atomic mass is 32.1. The van der Waals surface area contributed by atoms with Crippen molar-refractivity contribution in [2.45, 2.75) is 18.4 Å². The molecular formula is C25H21NO5S. The van der Waals surface area contributed by atoms with Crippen LogP contribution in [0.25, 0.3) is 11.0 Å². The number of methoxy groups -OCH3 is 1. The van der Waals surface area contributed by atoms with E-state index in [1.165, 1.54) is 4.88 Å². The van der Waals surface area contributed by atoms with Crippen LogP contribution < -0.4 is 20.4 Å². The van der Waals surface area contributed by atoms with Crippen molar-refractivity contribution >= 4 is 28.2 Å². The average Bonchev–Trinajstić information content (AvgIpc) is 3.48. The maximum atomic E-state index is 13.2. The zero-order chi connectivity index (χ0) is 22.1. The van der Waals surface area contributed by atoms with Crippen LogP contribution in [0, 0.1) is 0 Å². The Balaban J connectivity index is 1.52. The van der Waals surface area contributed by atoms with E-state index in [2.05, 4.69) is 5.32 Å². The lowest BCUT2D eigenvalue weighted by molar-refractivity contribution is -0.127. The molecule has 2 atom stereocenters. The first-order valence-electron chi connectivity index (χ1n) is 10.3. The molecule has 1 aliphatic rings. The number of hydrogen-bond donors (Lipinski definition) is 1. The molecule has 0 bridgehead atoms. The third-order valence-corrected chi connectivity index (χ3v) is 6.58. The fraction of sp³-hybridized carbons (Fsp3) is 0.200. The fourth-order valence-electron chi connectivity index (χ4n) is 4.10. The van der Waals surface area contributed by atoms with Crippen molar-refractivity contribution in [2.75, 3.05) is 13.7 Å². The second-order valence-electron chi connectivity index (χ2n) is 7.54. The number of carbonyl (C=O) groups excluding carboxylic acids is 1. The summed E-state index contributed by atoms with van der Waals surface area (Å²) in [6.45, 7) is 0.486. The largest absolute Gasteiger partial charge is 0.497 e. The van der Waals surface area contributed by atoms with Gasteiger partial charge in [0.15, 0.2) is 6.10 Å². The van der Waals surface area contributed by atoms with Gasteiger partial charge in [-0.1, -0.05) is 30.3 Å². The van der Waals surface area contributed by atoms with E-state index in [0.717, 1.165) is 12.0 Å². The summed E-state index contributed by atoms with van der Waals surface area (Å²) < 4.78 is 17.0. The molecule has 0 fully saturated rings. The van der Waals surface area contributed by atoms with Crippen LogP contribution >= 0.6 is 11.3 Å². The molecule has 0 saturated carbocycles. The standard InChI is InChI=1S/C25H21NO5S/c1-29-16-10-8-15(9-11-16)20-21-22(18-6-2-3-7-19(18)30-25(21)28)31-23(20)24(27)26-13-12-17-5-4-14-32-17/h2-11,14,20,23H,12-13H2,1H3,(H,26,27)/t20-,23-/m0/s1. The zero-order valence-corrected chi connectivity index (χ0v) is 18.2. The number of fused-ring (bicyclic) bond motifs is 3. The molecule has 0 saturated heterocycles. The lowest BCUT2D eigenvalue weighted by Gasteiger charge is -2.19. The monoisotopic (exact) mass is 447 g/mol. The quantitative estimate of drug-likeness (QED) is 0.450. The van der Waals surface area contributed by atoms with Gasteiger partial charge >= 0.3 is 5.63 Å². The van der Waals surface area contributed by atoms with Crippen molar-refractivity contribution in [2.24, 2.45) is 0 Å². The summed E-state index contributed by atoms with van der Waals surface area (Å²) in [6.07, 6.45) is -0.142. The van der Waals surface area contributed by atoms with Crippen molar-refractivity contribution in [3.63, 3.8) is 0 Å². The van der Waals surface area contributed by atoms with Gasteiger partial charge in [0.1, 0.15) is 17.1 Å². The minimum atomic E-state index is -0.879. The molecule has 162 valence electrons. The van der Waals surface area contributed by atoms with E-state index in [-0.39, 0.29) is 5.91 Å². The molecule has 4 aromatic rings. The van der Waals surface area contributed by atoms with Crippen LogP contribution in [0.5, 0.6) is 11.5 Å². The Labute approximate surface area is 188 Å². The molecular weight excluding hydrogens is 426 g/mol. The number of amides is 1. The second-order valence-corrected chi connectivity index (χ2v) is 8.57. The summed E-state index contributed by atoms with van der Waals surface area (Å²) in [5.74, 6) is 0.256. The van der Waals surface area contributed by atoms with Gasteiger partial charge in [0.25, 0.3) is 5.91 Å². The van der Waals surface area contributed by atoms with Crippen molar-refractivity contribution in [1.29, 1.82) is 0 Å². The predicted molar refractivity (Wildman–Crippen MR) is 123 cm³/mol. The van der Waals surface area contributed by atoms with E-state index < -0.39 is 17.6 Å². The van der Waals surface area contributed by atoms with Gasteiger partial charge in [-0.2, -0.15) is 0 Å². The van der Waals surface area contributed by atoms with Crippen molar-refractivity contribution in [3.8, 4) is 11.5 Å². The number of para-hydroxylation sites is 1. The molecule has 1 amide bonds. The molecule has 1 aliphatic heterocycles. The summed E-state index contributed by atoms with van der Waals surface area (Å²) in [5.41, 5.74) is 1.09. The summed E-state index contributed by atoms with van der Waals surface area (Å²) >= 11 is 1.65. The molecule has 5 rings (SSSR count). The first-order valence-corrected chi connectivity index (χ1v) is 11.2. The molecule has 2 aromatic carbocycles. The van der Waals surface area contributed by atoms with E-state index in [4.69, 9.17) is 13.9 Å². The van der Waals surface area contributed by atoms with Crippen molar-refractivity contribution < 1.29 is 18.7 Å². The maximum absolute atomic E-state index is 13.2. The average molecular weight is 448 g/mol. The van der Waals surface area contributed by atoms with Crippen LogP contribution in [-0.4, -0.2) is 25.7 Å². The number of carbonyl (C=O) groups is 1. The van der Waals surface area contributed by atoms with E-state index >= 15 is 0 Å². The van der Waals surface area contributed by atoms with E-state index in [1.54, 1.807) is 30.6 Å². The Hall–Kier alpha value is -3.58. The highest BCUT2D eigenvalue weighted by Gasteiger charge is 2.44. The summed E-state index contributed by atoms with van der Waals surface area (Å²) in [7, 11) is 1.59. The molecule has 0 spiro atoms. The maximum Gasteiger partial charge on any atom is 0.344 e. The third kappa shape index (κ3) is 3.65. The molecule has 3 heterocycles. The first kappa shape index (κ1) is 20.3. The summed E-state index contributed by atoms with van der Waals surface area (Å²) in [6, 6.07) is 18.5. The number of thiophene rings is 1. The SMILES string of the molecule is COc1ccc([C@H]2c3c(c4ccccc4oc3=O)O[C@@H]2C(=O)NCCc2cccs2)cc1. The topological polar surface area (TPSA) is 77.8 Å². The summed E-state index contributed by atoms with van der Waals surface area (Å²) in [5, 5.41) is 5.66. The van der Waals surface area contributed by atoms with Gasteiger partial charge in [0, 0.05) is 11.4 Å². The van der Waals surface area contributed by atoms with Crippen LogP contribution in [0.4, 0.5) is 0 Å². The van der Waals surface area contributed by atoms with Gasteiger partial charge in [-0.05, 0) is 47.7 Å². The lowest BCUT2D eigenvalue weighted by Crippen LogP contribution is -2.41. The number of benzene rings is 2. The van der Waals surface area contributed by atoms with E-state index in [0.29, 0.717) is 34.6 Å². The second kappa shape index (κ2) is 8.51. The Morgan fingerprint density at radius 3 is 2.66 bits per heavy atom. The molecule has 6 nitrogen and oxygen atoms in total. The fourth-order valence-corrected chi connectivity index (χ4v) is 4.81. The third-order valence-electron chi connectivity index (χ3n) is 5.64. The molecule has 0 radical (unpaired) electrons. The van der Waals surface area contributed by atoms with Gasteiger partial charge in [0.2, 0.25) is 0 Å². The Bertz CT molecular complexity index is 1310. The van der Waals surface area contributed by atoms with Gasteiger partial charge in [-0.15, -0.1) is 11.3 Å². The lowest BCUT2D eigenvalue weighted by atomic mass is 9.88. The molecule has 2 aromatic heterocycles. The van der Waals surface area contributed by atoms with Crippen LogP contribution in [0.2, 0.25) is 0 Å². The van der Waals surface area contributed by atoms with Gasteiger partial charge in [-0.3, -0.25) is 4.79 Å². The minimum absolute atomic E-state index is 0.262. The smallest absolute Gasteiger partial charge is 0.344 e. The van der Waals surface area contributed by atoms with E-state index in [1.807, 2.05) is 53.9 Å². The predicted octanol–water partition coefficient (Wildman–Crippen LogP) is 4.11. The van der Waals surface area contributed by atoms with E-state index in [9.17, 15) is 9.59 Å². The van der Waals surface area contributed by atoms with Crippen LogP contribution in [-0.2, 0) is 11.2 Å². The van der Waals surface area contributed by atoms with Crippen LogP contribution in [0.15, 0.2) is 75.3 Å². The van der Waals surface area contributed by atoms with Gasteiger partial charge in [-0.25, -0.2) is 4.79 Å². The molecule has 7 heteroatoms. The van der Waals surface area contributed by atoms with Crippen molar-refractivity contribution in [1.82, 2.24) is 5.32 Å². The molecule has 0 unspecified atom stereocenters. The molecule has 32 heavy (non-hydrogen) atoms. The highest BCUT2D eigenvalue weighted by Crippen LogP contribution is 2.44. The summed E-state index contributed by atoms with van der Waals surface area (Å²) in [4.78, 5) is 27.4. The molecule has 0 aliphatic carbocycles. The number of ether oxygens (including phenoxy) is 2. The zero-order valence-electron chi connectivity index (χ0n) is 17.4. The Kier molecular flexibility index (Phi) is 5.41. The normalized spacial score (nSPS) is 17.0. The highest BCUT2D eigenvalue weighted by molar-refractivity contribution is 7.09. The number of nitrogens with one attached hydrogen (secondary N) is 1. The van der Waals surface area contributed by atoms with Crippen LogP contribution in [0.1, 0.15) is 21.9 Å². The van der Waals surface area contributed by atoms with Gasteiger partial charge < -0.3 is 19.2 Å². The minimum Gasteiger partial charge on any atom is -0.497 e. The Morgan fingerprint density at radius 2 is 1.91 bits per heavy atom. The number of hydrogen-bond acceptors (Lipinski definition) is 6. The van der Waals surface area contributed by atoms with Crippen LogP contribution in [0.3, 0.4) is 0 Å².